The van der Waals surface area contributed by atoms with Crippen molar-refractivity contribution in [2.75, 3.05) is 23.7 Å². The van der Waals surface area contributed by atoms with Gasteiger partial charge < -0.3 is 16.4 Å². The van der Waals surface area contributed by atoms with E-state index in [1.165, 1.54) is 0 Å². The second-order valence-corrected chi connectivity index (χ2v) is 4.82. The molecule has 2 rings (SSSR count). The minimum atomic E-state index is -0.252. The van der Waals surface area contributed by atoms with Crippen LogP contribution in [-0.4, -0.2) is 24.0 Å². The number of rotatable bonds is 2. The summed E-state index contributed by atoms with van der Waals surface area (Å²) >= 11 is 3.30. The Hall–Kier alpha value is -1.30. The van der Waals surface area contributed by atoms with E-state index < -0.39 is 0 Å². The molecule has 1 atom stereocenters. The highest BCUT2D eigenvalue weighted by molar-refractivity contribution is 9.10. The third-order valence-corrected chi connectivity index (χ3v) is 3.19. The molecule has 0 radical (unpaired) electrons. The largest absolute Gasteiger partial charge is 0.396 e. The number of pyridine rings is 1. The van der Waals surface area contributed by atoms with Crippen molar-refractivity contribution in [3.63, 3.8) is 0 Å². The number of carbonyl (C=O) groups excluding carboxylic acids is 1. The molecule has 1 aromatic rings. The van der Waals surface area contributed by atoms with Gasteiger partial charge in [-0.05, 0) is 28.4 Å². The van der Waals surface area contributed by atoms with E-state index in [1.54, 1.807) is 12.3 Å². The fourth-order valence-corrected chi connectivity index (χ4v) is 2.25. The molecule has 1 amide bonds. The molecule has 1 aromatic heterocycles. The Morgan fingerprint density at radius 2 is 2.38 bits per heavy atom. The molecule has 2 heterocycles. The number of nitrogen functional groups attached to an aromatic ring is 1. The SMILES string of the molecule is NC(=O)C1CCN(c2ncc(Br)cc2N)C1. The predicted octanol–water partition coefficient (Wildman–Crippen LogP) is 0.738. The van der Waals surface area contributed by atoms with Crippen LogP contribution in [0.2, 0.25) is 0 Å². The van der Waals surface area contributed by atoms with Crippen molar-refractivity contribution in [1.29, 1.82) is 0 Å². The van der Waals surface area contributed by atoms with E-state index in [0.717, 1.165) is 23.3 Å². The number of hydrogen-bond donors (Lipinski definition) is 2. The minimum Gasteiger partial charge on any atom is -0.396 e. The number of carbonyl (C=O) groups is 1. The van der Waals surface area contributed by atoms with Crippen molar-refractivity contribution >= 4 is 33.3 Å². The molecular formula is C10H13BrN4O. The van der Waals surface area contributed by atoms with E-state index in [4.69, 9.17) is 11.5 Å². The lowest BCUT2D eigenvalue weighted by Crippen LogP contribution is -2.28. The van der Waals surface area contributed by atoms with E-state index in [9.17, 15) is 4.79 Å². The monoisotopic (exact) mass is 284 g/mol. The number of nitrogens with zero attached hydrogens (tertiary/aromatic N) is 2. The Morgan fingerprint density at radius 1 is 1.62 bits per heavy atom. The van der Waals surface area contributed by atoms with Crippen molar-refractivity contribution < 1.29 is 4.79 Å². The molecule has 1 fully saturated rings. The normalized spacial score (nSPS) is 20.1. The minimum absolute atomic E-state index is 0.0927. The molecule has 0 aliphatic carbocycles. The standard InChI is InChI=1S/C10H13BrN4O/c11-7-3-8(12)10(14-4-7)15-2-1-6(5-15)9(13)16/h3-4,6H,1-2,5,12H2,(H2,13,16). The van der Waals surface area contributed by atoms with Gasteiger partial charge in [-0.15, -0.1) is 0 Å². The third-order valence-electron chi connectivity index (χ3n) is 2.75. The van der Waals surface area contributed by atoms with Crippen molar-refractivity contribution in [1.82, 2.24) is 4.98 Å². The molecule has 4 N–H and O–H groups in total. The molecule has 16 heavy (non-hydrogen) atoms. The molecule has 0 aromatic carbocycles. The van der Waals surface area contributed by atoms with Gasteiger partial charge in [0.05, 0.1) is 11.6 Å². The van der Waals surface area contributed by atoms with Crippen molar-refractivity contribution in [2.45, 2.75) is 6.42 Å². The van der Waals surface area contributed by atoms with Gasteiger partial charge in [-0.25, -0.2) is 4.98 Å². The summed E-state index contributed by atoms with van der Waals surface area (Å²) in [7, 11) is 0. The molecule has 1 aliphatic heterocycles. The van der Waals surface area contributed by atoms with Gasteiger partial charge in [0.15, 0.2) is 5.82 Å². The van der Waals surface area contributed by atoms with E-state index in [-0.39, 0.29) is 11.8 Å². The highest BCUT2D eigenvalue weighted by Gasteiger charge is 2.28. The van der Waals surface area contributed by atoms with Gasteiger partial charge in [0.25, 0.3) is 0 Å². The molecule has 6 heteroatoms. The summed E-state index contributed by atoms with van der Waals surface area (Å²) in [5.74, 6) is 0.384. The predicted molar refractivity (Wildman–Crippen MR) is 65.9 cm³/mol. The first-order valence-corrected chi connectivity index (χ1v) is 5.82. The molecule has 86 valence electrons. The molecule has 1 saturated heterocycles. The first-order valence-electron chi connectivity index (χ1n) is 5.03. The number of hydrogen-bond acceptors (Lipinski definition) is 4. The summed E-state index contributed by atoms with van der Waals surface area (Å²) in [6, 6.07) is 1.81. The average Bonchev–Trinajstić information content (AvgIpc) is 2.66. The van der Waals surface area contributed by atoms with Crippen LogP contribution < -0.4 is 16.4 Å². The summed E-state index contributed by atoms with van der Waals surface area (Å²) in [5, 5.41) is 0. The molecule has 1 aliphatic rings. The summed E-state index contributed by atoms with van der Waals surface area (Å²) in [4.78, 5) is 17.3. The van der Waals surface area contributed by atoms with Crippen molar-refractivity contribution in [3.8, 4) is 0 Å². The number of aromatic nitrogens is 1. The Kier molecular flexibility index (Phi) is 3.00. The highest BCUT2D eigenvalue weighted by atomic mass is 79.9. The number of nitrogens with two attached hydrogens (primary N) is 2. The second-order valence-electron chi connectivity index (χ2n) is 3.90. The maximum Gasteiger partial charge on any atom is 0.222 e. The first kappa shape index (κ1) is 11.2. The molecule has 1 unspecified atom stereocenters. The zero-order valence-corrected chi connectivity index (χ0v) is 10.3. The third kappa shape index (κ3) is 2.11. The van der Waals surface area contributed by atoms with E-state index in [2.05, 4.69) is 20.9 Å². The number of primary amides is 1. The van der Waals surface area contributed by atoms with Crippen LogP contribution in [0.25, 0.3) is 0 Å². The lowest BCUT2D eigenvalue weighted by molar-refractivity contribution is -0.121. The zero-order valence-electron chi connectivity index (χ0n) is 8.69. The Balaban J connectivity index is 2.17. The highest BCUT2D eigenvalue weighted by Crippen LogP contribution is 2.28. The van der Waals surface area contributed by atoms with Gasteiger partial charge in [-0.2, -0.15) is 0 Å². The molecular weight excluding hydrogens is 272 g/mol. The number of anilines is 2. The van der Waals surface area contributed by atoms with E-state index in [0.29, 0.717) is 12.2 Å². The Morgan fingerprint density at radius 3 is 2.94 bits per heavy atom. The fraction of sp³-hybridized carbons (Fsp3) is 0.400. The Labute approximate surface area is 102 Å². The fourth-order valence-electron chi connectivity index (χ4n) is 1.90. The maximum absolute atomic E-state index is 11.1. The van der Waals surface area contributed by atoms with Crippen LogP contribution in [0.15, 0.2) is 16.7 Å². The van der Waals surface area contributed by atoms with Gasteiger partial charge in [0.2, 0.25) is 5.91 Å². The average molecular weight is 285 g/mol. The summed E-state index contributed by atoms with van der Waals surface area (Å²) in [6.07, 6.45) is 2.47. The summed E-state index contributed by atoms with van der Waals surface area (Å²) in [6.45, 7) is 1.38. The lowest BCUT2D eigenvalue weighted by atomic mass is 10.1. The smallest absolute Gasteiger partial charge is 0.222 e. The van der Waals surface area contributed by atoms with Crippen molar-refractivity contribution in [2.24, 2.45) is 11.7 Å². The quantitative estimate of drug-likeness (QED) is 0.839. The summed E-state index contributed by atoms with van der Waals surface area (Å²) in [5.41, 5.74) is 11.8. The zero-order chi connectivity index (χ0) is 11.7. The van der Waals surface area contributed by atoms with Crippen LogP contribution in [-0.2, 0) is 4.79 Å². The van der Waals surface area contributed by atoms with Crippen LogP contribution in [0.5, 0.6) is 0 Å². The van der Waals surface area contributed by atoms with Crippen LogP contribution in [0.3, 0.4) is 0 Å². The second kappa shape index (κ2) is 4.29. The van der Waals surface area contributed by atoms with Gasteiger partial charge in [0, 0.05) is 23.8 Å². The number of amides is 1. The van der Waals surface area contributed by atoms with Crippen molar-refractivity contribution in [3.05, 3.63) is 16.7 Å². The molecule has 0 spiro atoms. The Bertz CT molecular complexity index is 423. The van der Waals surface area contributed by atoms with Gasteiger partial charge in [-0.3, -0.25) is 4.79 Å². The van der Waals surface area contributed by atoms with Gasteiger partial charge >= 0.3 is 0 Å². The number of halogens is 1. The van der Waals surface area contributed by atoms with E-state index in [1.807, 2.05) is 4.90 Å². The van der Waals surface area contributed by atoms with E-state index >= 15 is 0 Å². The molecule has 0 bridgehead atoms. The molecule has 5 nitrogen and oxygen atoms in total. The maximum atomic E-state index is 11.1. The van der Waals surface area contributed by atoms with Gasteiger partial charge in [0.1, 0.15) is 0 Å². The van der Waals surface area contributed by atoms with Crippen LogP contribution in [0, 0.1) is 5.92 Å². The molecule has 0 saturated carbocycles. The van der Waals surface area contributed by atoms with Gasteiger partial charge in [-0.1, -0.05) is 0 Å². The van der Waals surface area contributed by atoms with Crippen LogP contribution >= 0.6 is 15.9 Å². The first-order chi connectivity index (χ1) is 7.58. The summed E-state index contributed by atoms with van der Waals surface area (Å²) < 4.78 is 0.847. The lowest BCUT2D eigenvalue weighted by Gasteiger charge is -2.18. The van der Waals surface area contributed by atoms with Crippen LogP contribution in [0.4, 0.5) is 11.5 Å². The topological polar surface area (TPSA) is 85.2 Å². The van der Waals surface area contributed by atoms with Crippen LogP contribution in [0.1, 0.15) is 6.42 Å².